The van der Waals surface area contributed by atoms with Gasteiger partial charge in [0.15, 0.2) is 5.65 Å². The van der Waals surface area contributed by atoms with Crippen LogP contribution in [-0.2, 0) is 0 Å². The summed E-state index contributed by atoms with van der Waals surface area (Å²) in [5.74, 6) is 0.725. The number of pyridine rings is 1. The molecule has 0 amide bonds. The fraction of sp³-hybridized carbons (Fsp3) is 0.308. The molecule has 1 aliphatic rings. The van der Waals surface area contributed by atoms with Crippen LogP contribution >= 0.6 is 0 Å². The number of nitrogens with one attached hydrogen (secondary N) is 1. The number of hydrogen-bond acceptors (Lipinski definition) is 6. The standard InChI is InChI=1S/C26H28N6O2/c1-17-18(6-4-7-19(17)25(33)34)20-16-21(24-27-12-15-32(24)30-20)28-22-8-5-9-23(29-22)31-13-10-26(2,3)11-14-31/h4-9,12,15-16H,10-11,13-14H2,1-3H3,(H,28,29)(H,33,34). The van der Waals surface area contributed by atoms with Crippen molar-refractivity contribution in [1.82, 2.24) is 19.6 Å². The number of nitrogens with zero attached hydrogens (tertiary/aromatic N) is 5. The van der Waals surface area contributed by atoms with Gasteiger partial charge in [0.2, 0.25) is 0 Å². The molecule has 4 heterocycles. The van der Waals surface area contributed by atoms with Crippen molar-refractivity contribution in [3.63, 3.8) is 0 Å². The molecule has 5 rings (SSSR count). The van der Waals surface area contributed by atoms with Crippen LogP contribution in [0.1, 0.15) is 42.6 Å². The van der Waals surface area contributed by atoms with E-state index in [-0.39, 0.29) is 5.56 Å². The van der Waals surface area contributed by atoms with Gasteiger partial charge in [-0.05, 0) is 55.0 Å². The summed E-state index contributed by atoms with van der Waals surface area (Å²) in [6, 6.07) is 13.1. The largest absolute Gasteiger partial charge is 0.478 e. The molecule has 0 saturated carbocycles. The van der Waals surface area contributed by atoms with Crippen LogP contribution in [0.5, 0.6) is 0 Å². The number of anilines is 3. The van der Waals surface area contributed by atoms with Crippen molar-refractivity contribution in [3.05, 3.63) is 66.0 Å². The van der Waals surface area contributed by atoms with Gasteiger partial charge in [-0.1, -0.05) is 32.0 Å². The topological polar surface area (TPSA) is 95.7 Å². The van der Waals surface area contributed by atoms with Crippen molar-refractivity contribution in [2.45, 2.75) is 33.6 Å². The van der Waals surface area contributed by atoms with Crippen LogP contribution in [0.15, 0.2) is 54.9 Å². The van der Waals surface area contributed by atoms with Gasteiger partial charge in [-0.2, -0.15) is 5.10 Å². The average Bonchev–Trinajstić information content (AvgIpc) is 3.28. The molecule has 2 N–H and O–H groups in total. The smallest absolute Gasteiger partial charge is 0.335 e. The molecule has 1 fully saturated rings. The predicted octanol–water partition coefficient (Wildman–Crippen LogP) is 5.17. The van der Waals surface area contributed by atoms with Crippen LogP contribution in [0.4, 0.5) is 17.3 Å². The second-order valence-electron chi connectivity index (χ2n) is 9.58. The van der Waals surface area contributed by atoms with E-state index in [1.165, 1.54) is 0 Å². The maximum absolute atomic E-state index is 11.6. The number of aromatic nitrogens is 4. The van der Waals surface area contributed by atoms with E-state index >= 15 is 0 Å². The summed E-state index contributed by atoms with van der Waals surface area (Å²) < 4.78 is 1.70. The lowest BCUT2D eigenvalue weighted by Gasteiger charge is -2.37. The van der Waals surface area contributed by atoms with Gasteiger partial charge in [0.25, 0.3) is 0 Å². The maximum Gasteiger partial charge on any atom is 0.335 e. The van der Waals surface area contributed by atoms with E-state index in [4.69, 9.17) is 4.98 Å². The first kappa shape index (κ1) is 21.9. The molecule has 174 valence electrons. The first-order chi connectivity index (χ1) is 16.3. The van der Waals surface area contributed by atoms with Crippen LogP contribution in [0.3, 0.4) is 0 Å². The second kappa shape index (κ2) is 8.44. The lowest BCUT2D eigenvalue weighted by Crippen LogP contribution is -2.37. The summed E-state index contributed by atoms with van der Waals surface area (Å²) in [5, 5.41) is 17.6. The summed E-state index contributed by atoms with van der Waals surface area (Å²) in [7, 11) is 0. The Kier molecular flexibility index (Phi) is 5.43. The van der Waals surface area contributed by atoms with E-state index in [0.717, 1.165) is 48.8 Å². The Labute approximate surface area is 198 Å². The first-order valence-corrected chi connectivity index (χ1v) is 11.5. The van der Waals surface area contributed by atoms with Gasteiger partial charge in [0.05, 0.1) is 16.9 Å². The average molecular weight is 457 g/mol. The van der Waals surface area contributed by atoms with Crippen molar-refractivity contribution in [2.75, 3.05) is 23.3 Å². The van der Waals surface area contributed by atoms with Crippen molar-refractivity contribution in [2.24, 2.45) is 5.41 Å². The van der Waals surface area contributed by atoms with Crippen molar-refractivity contribution >= 4 is 28.9 Å². The molecule has 0 atom stereocenters. The fourth-order valence-corrected chi connectivity index (χ4v) is 4.43. The molecule has 1 aromatic carbocycles. The summed E-state index contributed by atoms with van der Waals surface area (Å²) >= 11 is 0. The zero-order chi connectivity index (χ0) is 23.9. The minimum Gasteiger partial charge on any atom is -0.478 e. The number of aromatic carboxylic acids is 1. The number of imidazole rings is 1. The molecule has 4 aromatic rings. The van der Waals surface area contributed by atoms with Gasteiger partial charge in [-0.3, -0.25) is 0 Å². The zero-order valence-corrected chi connectivity index (χ0v) is 19.6. The lowest BCUT2D eigenvalue weighted by molar-refractivity contribution is 0.0696. The van der Waals surface area contributed by atoms with Gasteiger partial charge in [0, 0.05) is 31.0 Å². The highest BCUT2D eigenvalue weighted by molar-refractivity contribution is 5.92. The Hall–Kier alpha value is -3.94. The summed E-state index contributed by atoms with van der Waals surface area (Å²) in [6.45, 7) is 8.43. The molecule has 0 aliphatic carbocycles. The van der Waals surface area contributed by atoms with Crippen molar-refractivity contribution < 1.29 is 9.90 Å². The molecule has 0 bridgehead atoms. The number of carboxylic acids is 1. The number of benzene rings is 1. The minimum absolute atomic E-state index is 0.263. The lowest BCUT2D eigenvalue weighted by atomic mass is 9.83. The predicted molar refractivity (Wildman–Crippen MR) is 133 cm³/mol. The monoisotopic (exact) mass is 456 g/mol. The van der Waals surface area contributed by atoms with E-state index in [9.17, 15) is 9.90 Å². The van der Waals surface area contributed by atoms with Gasteiger partial charge >= 0.3 is 5.97 Å². The Balaban J connectivity index is 1.49. The first-order valence-electron chi connectivity index (χ1n) is 11.5. The minimum atomic E-state index is -0.955. The molecule has 1 aliphatic heterocycles. The van der Waals surface area contributed by atoms with Crippen LogP contribution < -0.4 is 10.2 Å². The second-order valence-corrected chi connectivity index (χ2v) is 9.58. The highest BCUT2D eigenvalue weighted by Gasteiger charge is 2.26. The molecule has 8 nitrogen and oxygen atoms in total. The highest BCUT2D eigenvalue weighted by Crippen LogP contribution is 2.33. The van der Waals surface area contributed by atoms with Crippen molar-refractivity contribution in [3.8, 4) is 11.3 Å². The molecule has 0 unspecified atom stereocenters. The summed E-state index contributed by atoms with van der Waals surface area (Å²) in [5.41, 5.74) is 4.14. The van der Waals surface area contributed by atoms with Crippen molar-refractivity contribution in [1.29, 1.82) is 0 Å². The Bertz CT molecular complexity index is 1370. The molecule has 3 aromatic heterocycles. The Morgan fingerprint density at radius 3 is 2.65 bits per heavy atom. The van der Waals surface area contributed by atoms with Crippen LogP contribution in [0, 0.1) is 12.3 Å². The van der Waals surface area contributed by atoms with E-state index in [0.29, 0.717) is 22.3 Å². The zero-order valence-electron chi connectivity index (χ0n) is 19.6. The molecular weight excluding hydrogens is 428 g/mol. The van der Waals surface area contributed by atoms with E-state index in [1.54, 1.807) is 36.0 Å². The normalized spacial score (nSPS) is 15.4. The number of rotatable bonds is 5. The van der Waals surface area contributed by atoms with E-state index in [2.05, 4.69) is 34.1 Å². The molecular formula is C26H28N6O2. The quantitative estimate of drug-likeness (QED) is 0.428. The summed E-state index contributed by atoms with van der Waals surface area (Å²) in [4.78, 5) is 23.3. The van der Waals surface area contributed by atoms with Crippen LogP contribution in [0.2, 0.25) is 0 Å². The molecule has 0 spiro atoms. The Morgan fingerprint density at radius 1 is 1.12 bits per heavy atom. The number of hydrogen-bond donors (Lipinski definition) is 2. The van der Waals surface area contributed by atoms with Gasteiger partial charge < -0.3 is 15.3 Å². The number of piperidine rings is 1. The van der Waals surface area contributed by atoms with Crippen LogP contribution in [0.25, 0.3) is 16.9 Å². The van der Waals surface area contributed by atoms with Gasteiger partial charge in [-0.25, -0.2) is 19.3 Å². The van der Waals surface area contributed by atoms with E-state index in [1.807, 2.05) is 30.3 Å². The van der Waals surface area contributed by atoms with Gasteiger partial charge in [0.1, 0.15) is 11.6 Å². The van der Waals surface area contributed by atoms with E-state index < -0.39 is 5.97 Å². The third-order valence-corrected chi connectivity index (χ3v) is 6.64. The maximum atomic E-state index is 11.6. The number of carbonyl (C=O) groups is 1. The highest BCUT2D eigenvalue weighted by atomic mass is 16.4. The van der Waals surface area contributed by atoms with Gasteiger partial charge in [-0.15, -0.1) is 0 Å². The molecule has 0 radical (unpaired) electrons. The molecule has 8 heteroatoms. The third-order valence-electron chi connectivity index (χ3n) is 6.64. The van der Waals surface area contributed by atoms with Crippen LogP contribution in [-0.4, -0.2) is 43.7 Å². The molecule has 1 saturated heterocycles. The summed E-state index contributed by atoms with van der Waals surface area (Å²) in [6.07, 6.45) is 5.75. The Morgan fingerprint density at radius 2 is 1.88 bits per heavy atom. The number of fused-ring (bicyclic) bond motifs is 1. The SMILES string of the molecule is Cc1c(C(=O)O)cccc1-c1cc(Nc2cccc(N3CCC(C)(C)CC3)n2)c2nccn2n1. The fourth-order valence-electron chi connectivity index (χ4n) is 4.43. The molecule has 34 heavy (non-hydrogen) atoms. The number of carboxylic acid groups (broad SMARTS) is 1. The third kappa shape index (κ3) is 4.19.